The van der Waals surface area contributed by atoms with Crippen molar-refractivity contribution in [1.82, 2.24) is 5.32 Å². The van der Waals surface area contributed by atoms with Gasteiger partial charge in [-0.1, -0.05) is 21.0 Å². The van der Waals surface area contributed by atoms with Crippen LogP contribution < -0.4 is 5.32 Å². The monoisotopic (exact) mass is 297 g/mol. The fourth-order valence-electron chi connectivity index (χ4n) is 1.26. The Balaban J connectivity index is 2.76. The molecule has 1 N–H and O–H groups in total. The minimum atomic E-state index is -0.644. The fraction of sp³-hybridized carbons (Fsp3) is 0.300. The summed E-state index contributed by atoms with van der Waals surface area (Å²) >= 11 is 3.25. The highest BCUT2D eigenvalue weighted by atomic mass is 79.9. The number of benzene rings is 1. The van der Waals surface area contributed by atoms with E-state index in [1.807, 2.05) is 6.07 Å². The summed E-state index contributed by atoms with van der Waals surface area (Å²) in [6.45, 7) is 0.590. The molecule has 0 amide bonds. The van der Waals surface area contributed by atoms with E-state index in [1.165, 1.54) is 12.1 Å². The van der Waals surface area contributed by atoms with Gasteiger partial charge in [-0.25, -0.2) is 4.39 Å². The quantitative estimate of drug-likeness (QED) is 0.392. The molecule has 0 aromatic heterocycles. The lowest BCUT2D eigenvalue weighted by molar-refractivity contribution is 0.605. The van der Waals surface area contributed by atoms with Gasteiger partial charge in [-0.3, -0.25) is 5.32 Å². The van der Waals surface area contributed by atoms with Crippen molar-refractivity contribution < 1.29 is 4.39 Å². The predicted octanol–water partition coefficient (Wildman–Crippen LogP) is 3.05. The summed E-state index contributed by atoms with van der Waals surface area (Å²) in [6.07, 6.45) is 0. The van der Waals surface area contributed by atoms with Crippen LogP contribution in [0.5, 0.6) is 0 Å². The highest BCUT2D eigenvalue weighted by Crippen LogP contribution is 2.23. The Hall–Kier alpha value is -1.61. The van der Waals surface area contributed by atoms with Gasteiger partial charge >= 0.3 is 0 Å². The zero-order valence-corrected chi connectivity index (χ0v) is 10.4. The summed E-state index contributed by atoms with van der Waals surface area (Å²) in [5.74, 6) is -0.403. The molecule has 0 aliphatic carbocycles. The van der Waals surface area contributed by atoms with Crippen LogP contribution in [0.4, 0.5) is 4.39 Å². The van der Waals surface area contributed by atoms with Gasteiger partial charge in [0, 0.05) is 28.0 Å². The molecule has 1 rings (SSSR count). The molecule has 88 valence electrons. The molecule has 0 bridgehead atoms. The zero-order valence-electron chi connectivity index (χ0n) is 8.77. The van der Waals surface area contributed by atoms with E-state index in [2.05, 4.69) is 31.3 Å². The Bertz CT molecular complexity index is 478. The van der Waals surface area contributed by atoms with Gasteiger partial charge in [0.2, 0.25) is 0 Å². The van der Waals surface area contributed by atoms with Crippen molar-refractivity contribution in [3.63, 3.8) is 0 Å². The topological polar surface area (TPSA) is 84.6 Å². The SMILES string of the molecule is N#CC(NCCN=[N+]=[N-])c1cc(F)ccc1Br. The maximum absolute atomic E-state index is 13.1. The number of nitrogens with zero attached hydrogens (tertiary/aromatic N) is 4. The van der Waals surface area contributed by atoms with Gasteiger partial charge in [0.25, 0.3) is 0 Å². The molecule has 0 radical (unpaired) electrons. The third kappa shape index (κ3) is 4.04. The van der Waals surface area contributed by atoms with Gasteiger partial charge in [0.15, 0.2) is 0 Å². The Morgan fingerprint density at radius 3 is 3.06 bits per heavy atom. The van der Waals surface area contributed by atoms with E-state index in [1.54, 1.807) is 6.07 Å². The average molecular weight is 298 g/mol. The van der Waals surface area contributed by atoms with Gasteiger partial charge in [0.1, 0.15) is 11.9 Å². The van der Waals surface area contributed by atoms with E-state index >= 15 is 0 Å². The lowest BCUT2D eigenvalue weighted by atomic mass is 10.1. The molecule has 0 fully saturated rings. The first kappa shape index (κ1) is 13.5. The molecule has 7 heteroatoms. The molecular weight excluding hydrogens is 289 g/mol. The molecule has 0 heterocycles. The molecule has 0 saturated heterocycles. The Labute approximate surface area is 106 Å². The summed E-state index contributed by atoms with van der Waals surface area (Å²) in [5.41, 5.74) is 8.62. The van der Waals surface area contributed by atoms with Gasteiger partial charge in [0.05, 0.1) is 6.07 Å². The Kier molecular flexibility index (Phi) is 5.43. The molecular formula is C10H9BrFN5. The first-order chi connectivity index (χ1) is 8.19. The molecule has 1 unspecified atom stereocenters. The van der Waals surface area contributed by atoms with Crippen molar-refractivity contribution in [2.75, 3.05) is 13.1 Å². The van der Waals surface area contributed by atoms with Crippen LogP contribution in [0.1, 0.15) is 11.6 Å². The van der Waals surface area contributed by atoms with Crippen LogP contribution in [0.2, 0.25) is 0 Å². The largest absolute Gasteiger partial charge is 0.298 e. The zero-order chi connectivity index (χ0) is 12.7. The minimum Gasteiger partial charge on any atom is -0.298 e. The molecule has 0 saturated carbocycles. The number of hydrogen-bond acceptors (Lipinski definition) is 3. The summed E-state index contributed by atoms with van der Waals surface area (Å²) < 4.78 is 13.7. The molecule has 17 heavy (non-hydrogen) atoms. The summed E-state index contributed by atoms with van der Waals surface area (Å²) in [5, 5.41) is 15.2. The summed E-state index contributed by atoms with van der Waals surface area (Å²) in [6, 6.07) is 5.52. The second-order valence-electron chi connectivity index (χ2n) is 3.14. The standard InChI is InChI=1S/C10H9BrFN5/c11-9-2-1-7(12)5-8(9)10(6-13)15-3-4-16-17-14/h1-2,5,10,15H,3-4H2. The Morgan fingerprint density at radius 1 is 1.65 bits per heavy atom. The second-order valence-corrected chi connectivity index (χ2v) is 3.99. The van der Waals surface area contributed by atoms with Gasteiger partial charge in [-0.15, -0.1) is 0 Å². The van der Waals surface area contributed by atoms with E-state index in [9.17, 15) is 4.39 Å². The van der Waals surface area contributed by atoms with Crippen LogP contribution in [0, 0.1) is 17.1 Å². The molecule has 1 atom stereocenters. The van der Waals surface area contributed by atoms with Gasteiger partial charge in [-0.05, 0) is 23.7 Å². The van der Waals surface area contributed by atoms with Crippen LogP contribution in [0.15, 0.2) is 27.8 Å². The molecule has 0 aliphatic rings. The van der Waals surface area contributed by atoms with Crippen LogP contribution in [0.3, 0.4) is 0 Å². The average Bonchev–Trinajstić information content (AvgIpc) is 2.33. The van der Waals surface area contributed by atoms with Crippen LogP contribution in [-0.2, 0) is 0 Å². The van der Waals surface area contributed by atoms with E-state index in [4.69, 9.17) is 10.8 Å². The van der Waals surface area contributed by atoms with Crippen molar-refractivity contribution >= 4 is 15.9 Å². The van der Waals surface area contributed by atoms with Crippen molar-refractivity contribution in [1.29, 1.82) is 5.26 Å². The van der Waals surface area contributed by atoms with Gasteiger partial charge in [-0.2, -0.15) is 5.26 Å². The van der Waals surface area contributed by atoms with Crippen LogP contribution in [-0.4, -0.2) is 13.1 Å². The minimum absolute atomic E-state index is 0.238. The third-order valence-corrected chi connectivity index (χ3v) is 2.74. The number of hydrogen-bond donors (Lipinski definition) is 1. The first-order valence-electron chi connectivity index (χ1n) is 4.78. The van der Waals surface area contributed by atoms with E-state index < -0.39 is 11.9 Å². The summed E-state index contributed by atoms with van der Waals surface area (Å²) in [7, 11) is 0. The van der Waals surface area contributed by atoms with Crippen molar-refractivity contribution in [3.8, 4) is 6.07 Å². The molecule has 1 aromatic carbocycles. The predicted molar refractivity (Wildman–Crippen MR) is 64.5 cm³/mol. The van der Waals surface area contributed by atoms with Crippen LogP contribution in [0.25, 0.3) is 10.4 Å². The molecule has 5 nitrogen and oxygen atoms in total. The normalized spacial score (nSPS) is 11.4. The number of halogens is 2. The number of nitrogens with one attached hydrogen (secondary N) is 1. The highest BCUT2D eigenvalue weighted by molar-refractivity contribution is 9.10. The van der Waals surface area contributed by atoms with Crippen molar-refractivity contribution in [2.45, 2.75) is 6.04 Å². The van der Waals surface area contributed by atoms with E-state index in [0.29, 0.717) is 16.6 Å². The smallest absolute Gasteiger partial charge is 0.123 e. The maximum Gasteiger partial charge on any atom is 0.123 e. The van der Waals surface area contributed by atoms with Crippen LogP contribution >= 0.6 is 15.9 Å². The van der Waals surface area contributed by atoms with Crippen molar-refractivity contribution in [2.24, 2.45) is 5.11 Å². The fourth-order valence-corrected chi connectivity index (χ4v) is 1.74. The van der Waals surface area contributed by atoms with E-state index in [-0.39, 0.29) is 6.54 Å². The first-order valence-corrected chi connectivity index (χ1v) is 5.57. The second kappa shape index (κ2) is 6.86. The Morgan fingerprint density at radius 2 is 2.41 bits per heavy atom. The third-order valence-electron chi connectivity index (χ3n) is 2.02. The van der Waals surface area contributed by atoms with E-state index in [0.717, 1.165) is 0 Å². The number of nitriles is 1. The lowest BCUT2D eigenvalue weighted by Crippen LogP contribution is -2.23. The van der Waals surface area contributed by atoms with Gasteiger partial charge < -0.3 is 0 Å². The number of rotatable bonds is 5. The maximum atomic E-state index is 13.1. The summed E-state index contributed by atoms with van der Waals surface area (Å²) in [4.78, 5) is 2.60. The molecule has 0 aliphatic heterocycles. The molecule has 0 spiro atoms. The lowest BCUT2D eigenvalue weighted by Gasteiger charge is -2.12. The van der Waals surface area contributed by atoms with Crippen molar-refractivity contribution in [3.05, 3.63) is 44.5 Å². The highest BCUT2D eigenvalue weighted by Gasteiger charge is 2.13. The molecule has 1 aromatic rings. The number of azide groups is 1.